The molecule has 0 aliphatic carbocycles. The van der Waals surface area contributed by atoms with Gasteiger partial charge in [0.05, 0.1) is 29.5 Å². The number of carbonyl (C=O) groups is 1. The van der Waals surface area contributed by atoms with E-state index >= 15 is 0 Å². The Morgan fingerprint density at radius 3 is 2.19 bits per heavy atom. The third-order valence-electron chi connectivity index (χ3n) is 3.30. The normalized spacial score (nSPS) is 10.9. The highest BCUT2D eigenvalue weighted by molar-refractivity contribution is 7.92. The smallest absolute Gasteiger partial charge is 0.262 e. The Hall–Kier alpha value is -2.74. The summed E-state index contributed by atoms with van der Waals surface area (Å²) in [6.45, 7) is 5.76. The number of nitrogens with one attached hydrogen (secondary N) is 2. The number of rotatable bonds is 8. The Bertz CT molecular complexity index is 881. The first-order valence-corrected chi connectivity index (χ1v) is 9.64. The molecule has 0 radical (unpaired) electrons. The van der Waals surface area contributed by atoms with Gasteiger partial charge >= 0.3 is 0 Å². The number of hydrogen-bond donors (Lipinski definition) is 2. The molecule has 0 aliphatic heterocycles. The third kappa shape index (κ3) is 4.89. The maximum Gasteiger partial charge on any atom is 0.262 e. The van der Waals surface area contributed by atoms with E-state index in [2.05, 4.69) is 10.0 Å². The number of hydrogen-bond acceptors (Lipinski definition) is 5. The van der Waals surface area contributed by atoms with Crippen LogP contribution in [-0.2, 0) is 14.8 Å². The lowest BCUT2D eigenvalue weighted by Gasteiger charge is -2.15. The maximum absolute atomic E-state index is 12.7. The van der Waals surface area contributed by atoms with Gasteiger partial charge in [0.15, 0.2) is 0 Å². The molecule has 0 heterocycles. The highest BCUT2D eigenvalue weighted by Gasteiger charge is 2.19. The molecule has 2 aromatic rings. The van der Waals surface area contributed by atoms with Gasteiger partial charge in [-0.05, 0) is 44.2 Å². The van der Waals surface area contributed by atoms with E-state index in [0.717, 1.165) is 0 Å². The van der Waals surface area contributed by atoms with Crippen molar-refractivity contribution in [1.29, 1.82) is 0 Å². The average Bonchev–Trinajstić information content (AvgIpc) is 2.58. The minimum absolute atomic E-state index is 0.00370. The van der Waals surface area contributed by atoms with Crippen molar-refractivity contribution >= 4 is 27.3 Å². The largest absolute Gasteiger partial charge is 0.492 e. The van der Waals surface area contributed by atoms with Crippen LogP contribution in [-0.4, -0.2) is 27.5 Å². The number of carbonyl (C=O) groups excluding carboxylic acids is 1. The Labute approximate surface area is 153 Å². The summed E-state index contributed by atoms with van der Waals surface area (Å²) in [6.07, 6.45) is 0. The third-order valence-corrected chi connectivity index (χ3v) is 4.67. The summed E-state index contributed by atoms with van der Waals surface area (Å²) in [5.74, 6) is 0.512. The maximum atomic E-state index is 12.7. The molecule has 0 fully saturated rings. The van der Waals surface area contributed by atoms with Gasteiger partial charge < -0.3 is 14.8 Å². The van der Waals surface area contributed by atoms with Gasteiger partial charge in [0.25, 0.3) is 10.0 Å². The zero-order chi connectivity index (χ0) is 19.2. The molecule has 140 valence electrons. The lowest BCUT2D eigenvalue weighted by molar-refractivity contribution is -0.114. The van der Waals surface area contributed by atoms with Crippen molar-refractivity contribution in [2.24, 2.45) is 0 Å². The van der Waals surface area contributed by atoms with Crippen LogP contribution in [0.15, 0.2) is 47.4 Å². The van der Waals surface area contributed by atoms with E-state index in [4.69, 9.17) is 9.47 Å². The minimum atomic E-state index is -3.88. The molecule has 7 nitrogen and oxygen atoms in total. The number of amides is 1. The molecule has 0 unspecified atom stereocenters. The van der Waals surface area contributed by atoms with Crippen LogP contribution in [0.5, 0.6) is 11.5 Å². The zero-order valence-corrected chi connectivity index (χ0v) is 15.7. The molecule has 0 spiro atoms. The average molecular weight is 378 g/mol. The molecular formula is C18H22N2O5S. The van der Waals surface area contributed by atoms with E-state index in [0.29, 0.717) is 36.1 Å². The van der Waals surface area contributed by atoms with Crippen LogP contribution in [0.3, 0.4) is 0 Å². The first kappa shape index (κ1) is 19.6. The number of anilines is 2. The summed E-state index contributed by atoms with van der Waals surface area (Å²) in [4.78, 5) is 11.4. The Balaban J connectivity index is 2.38. The van der Waals surface area contributed by atoms with Crippen LogP contribution in [0.2, 0.25) is 0 Å². The van der Waals surface area contributed by atoms with Crippen LogP contribution < -0.4 is 19.5 Å². The second kappa shape index (κ2) is 8.57. The Kier molecular flexibility index (Phi) is 6.46. The summed E-state index contributed by atoms with van der Waals surface area (Å²) in [5.41, 5.74) is 0.629. The molecule has 1 amide bonds. The van der Waals surface area contributed by atoms with E-state index in [1.807, 2.05) is 6.92 Å². The van der Waals surface area contributed by atoms with Crippen LogP contribution in [0, 0.1) is 0 Å². The molecule has 0 aromatic heterocycles. The molecular weight excluding hydrogens is 356 g/mol. The van der Waals surface area contributed by atoms with Gasteiger partial charge in [0.1, 0.15) is 11.5 Å². The summed E-state index contributed by atoms with van der Waals surface area (Å²) in [6, 6.07) is 11.1. The minimum Gasteiger partial charge on any atom is -0.492 e. The molecule has 2 aromatic carbocycles. The number of sulfonamides is 1. The second-order valence-corrected chi connectivity index (χ2v) is 6.99. The first-order chi connectivity index (χ1) is 12.4. The van der Waals surface area contributed by atoms with Gasteiger partial charge in [-0.15, -0.1) is 0 Å². The van der Waals surface area contributed by atoms with Gasteiger partial charge in [-0.25, -0.2) is 8.42 Å². The topological polar surface area (TPSA) is 93.7 Å². The summed E-state index contributed by atoms with van der Waals surface area (Å²) < 4.78 is 38.9. The number of benzene rings is 2. The Morgan fingerprint density at radius 1 is 0.962 bits per heavy atom. The van der Waals surface area contributed by atoms with E-state index in [1.54, 1.807) is 31.2 Å². The van der Waals surface area contributed by atoms with Gasteiger partial charge in [-0.3, -0.25) is 9.52 Å². The summed E-state index contributed by atoms with van der Waals surface area (Å²) in [5, 5.41) is 2.59. The molecule has 0 saturated carbocycles. The standard InChI is InChI=1S/C18H22N2O5S/c1-4-24-17-9-7-6-8-15(17)20-26(22,23)14-10-11-18(25-5-2)16(12-14)19-13(3)21/h6-12,20H,4-5H2,1-3H3,(H,19,21). The van der Waals surface area contributed by atoms with Crippen molar-refractivity contribution in [3.63, 3.8) is 0 Å². The lowest BCUT2D eigenvalue weighted by Crippen LogP contribution is -2.15. The van der Waals surface area contributed by atoms with Crippen LogP contribution in [0.1, 0.15) is 20.8 Å². The predicted octanol–water partition coefficient (Wildman–Crippen LogP) is 3.24. The molecule has 0 saturated heterocycles. The quantitative estimate of drug-likeness (QED) is 0.735. The molecule has 0 atom stereocenters. The van der Waals surface area contributed by atoms with Crippen LogP contribution >= 0.6 is 0 Å². The molecule has 2 N–H and O–H groups in total. The van der Waals surface area contributed by atoms with Gasteiger partial charge in [0, 0.05) is 6.92 Å². The second-order valence-electron chi connectivity index (χ2n) is 5.31. The SMILES string of the molecule is CCOc1ccc(S(=O)(=O)Nc2ccccc2OCC)cc1NC(C)=O. The fourth-order valence-electron chi connectivity index (χ4n) is 2.28. The first-order valence-electron chi connectivity index (χ1n) is 8.16. The van der Waals surface area contributed by atoms with Gasteiger partial charge in [-0.2, -0.15) is 0 Å². The lowest BCUT2D eigenvalue weighted by atomic mass is 10.3. The molecule has 0 bridgehead atoms. The highest BCUT2D eigenvalue weighted by Crippen LogP contribution is 2.31. The molecule has 8 heteroatoms. The fourth-order valence-corrected chi connectivity index (χ4v) is 3.38. The Morgan fingerprint density at radius 2 is 1.58 bits per heavy atom. The zero-order valence-electron chi connectivity index (χ0n) is 14.9. The molecule has 0 aliphatic rings. The summed E-state index contributed by atoms with van der Waals surface area (Å²) in [7, 11) is -3.88. The van der Waals surface area contributed by atoms with Gasteiger partial charge in [-0.1, -0.05) is 12.1 Å². The summed E-state index contributed by atoms with van der Waals surface area (Å²) >= 11 is 0. The van der Waals surface area contributed by atoms with Crippen molar-refractivity contribution in [2.75, 3.05) is 23.3 Å². The van der Waals surface area contributed by atoms with Crippen molar-refractivity contribution < 1.29 is 22.7 Å². The molecule has 26 heavy (non-hydrogen) atoms. The van der Waals surface area contributed by atoms with Crippen molar-refractivity contribution in [3.8, 4) is 11.5 Å². The number of para-hydroxylation sites is 2. The van der Waals surface area contributed by atoms with E-state index in [1.165, 1.54) is 25.1 Å². The van der Waals surface area contributed by atoms with E-state index < -0.39 is 10.0 Å². The van der Waals surface area contributed by atoms with Crippen LogP contribution in [0.25, 0.3) is 0 Å². The molecule has 2 rings (SSSR count). The fraction of sp³-hybridized carbons (Fsp3) is 0.278. The van der Waals surface area contributed by atoms with Gasteiger partial charge in [0.2, 0.25) is 5.91 Å². The van der Waals surface area contributed by atoms with Crippen molar-refractivity contribution in [1.82, 2.24) is 0 Å². The predicted molar refractivity (Wildman–Crippen MR) is 100 cm³/mol. The van der Waals surface area contributed by atoms with Crippen molar-refractivity contribution in [2.45, 2.75) is 25.7 Å². The highest BCUT2D eigenvalue weighted by atomic mass is 32.2. The monoisotopic (exact) mass is 378 g/mol. The van der Waals surface area contributed by atoms with Crippen molar-refractivity contribution in [3.05, 3.63) is 42.5 Å². The van der Waals surface area contributed by atoms with Crippen LogP contribution in [0.4, 0.5) is 11.4 Å². The van der Waals surface area contributed by atoms with E-state index in [9.17, 15) is 13.2 Å². The number of ether oxygens (including phenoxy) is 2. The van der Waals surface area contributed by atoms with E-state index in [-0.39, 0.29) is 10.8 Å².